The van der Waals surface area contributed by atoms with Gasteiger partial charge in [0, 0.05) is 39.2 Å². The van der Waals surface area contributed by atoms with Gasteiger partial charge in [-0.05, 0) is 26.0 Å². The van der Waals surface area contributed by atoms with E-state index >= 15 is 0 Å². The van der Waals surface area contributed by atoms with Crippen LogP contribution in [0.5, 0.6) is 0 Å². The molecule has 0 saturated carbocycles. The van der Waals surface area contributed by atoms with Crippen molar-refractivity contribution in [2.75, 3.05) is 20.2 Å². The monoisotopic (exact) mass is 358 g/mol. The van der Waals surface area contributed by atoms with E-state index in [-0.39, 0.29) is 30.0 Å². The number of carbonyl (C=O) groups is 1. The molecule has 7 heteroatoms. The highest BCUT2D eigenvalue weighted by Crippen LogP contribution is 2.16. The van der Waals surface area contributed by atoms with Crippen molar-refractivity contribution in [3.05, 3.63) is 40.9 Å². The fourth-order valence-corrected chi connectivity index (χ4v) is 3.37. The molecule has 0 aliphatic carbocycles. The molecule has 0 spiro atoms. The van der Waals surface area contributed by atoms with Crippen LogP contribution in [0, 0.1) is 0 Å². The van der Waals surface area contributed by atoms with Gasteiger partial charge >= 0.3 is 0 Å². The van der Waals surface area contributed by atoms with Crippen LogP contribution in [0.25, 0.3) is 10.9 Å². The van der Waals surface area contributed by atoms with Crippen molar-refractivity contribution < 1.29 is 9.53 Å². The summed E-state index contributed by atoms with van der Waals surface area (Å²) in [5.41, 5.74) is 0.547. The fraction of sp³-hybridized carbons (Fsp3) is 0.526. The summed E-state index contributed by atoms with van der Waals surface area (Å²) in [6.07, 6.45) is 1.73. The Morgan fingerprint density at radius 3 is 2.85 bits per heavy atom. The maximum atomic E-state index is 12.5. The normalized spacial score (nSPS) is 20.8. The molecule has 7 nitrogen and oxygen atoms in total. The van der Waals surface area contributed by atoms with Crippen LogP contribution in [0.15, 0.2) is 35.4 Å². The molecule has 3 rings (SSSR count). The smallest absolute Gasteiger partial charge is 0.261 e. The predicted molar refractivity (Wildman–Crippen MR) is 100 cm³/mol. The highest BCUT2D eigenvalue weighted by molar-refractivity contribution is 5.77. The first-order valence-electron chi connectivity index (χ1n) is 9.00. The van der Waals surface area contributed by atoms with E-state index in [1.54, 1.807) is 19.2 Å². The first-order valence-corrected chi connectivity index (χ1v) is 9.00. The second-order valence-corrected chi connectivity index (χ2v) is 7.01. The van der Waals surface area contributed by atoms with Crippen molar-refractivity contribution in [2.45, 2.75) is 45.0 Å². The Bertz CT molecular complexity index is 833. The molecule has 1 saturated heterocycles. The summed E-state index contributed by atoms with van der Waals surface area (Å²) in [6.45, 7) is 6.17. The maximum Gasteiger partial charge on any atom is 0.261 e. The van der Waals surface area contributed by atoms with Gasteiger partial charge in [-0.15, -0.1) is 0 Å². The molecule has 1 aliphatic heterocycles. The molecule has 1 aromatic heterocycles. The third-order valence-electron chi connectivity index (χ3n) is 4.99. The number of hydrogen-bond acceptors (Lipinski definition) is 5. The Morgan fingerprint density at radius 2 is 2.12 bits per heavy atom. The predicted octanol–water partition coefficient (Wildman–Crippen LogP) is 1.01. The lowest BCUT2D eigenvalue weighted by molar-refractivity contribution is -0.122. The van der Waals surface area contributed by atoms with E-state index in [0.717, 1.165) is 13.1 Å². The molecular weight excluding hydrogens is 332 g/mol. The molecule has 1 N–H and O–H groups in total. The average molecular weight is 358 g/mol. The lowest BCUT2D eigenvalue weighted by atomic mass is 10.2. The number of fused-ring (bicyclic) bond motifs is 1. The fourth-order valence-electron chi connectivity index (χ4n) is 3.37. The molecule has 2 atom stereocenters. The number of aryl methyl sites for hydroxylation is 1. The highest BCUT2D eigenvalue weighted by atomic mass is 16.5. The number of likely N-dealkylation sites (tertiary alicyclic amines) is 1. The number of nitrogens with zero attached hydrogens (tertiary/aromatic N) is 3. The van der Waals surface area contributed by atoms with E-state index in [1.165, 1.54) is 10.9 Å². The minimum absolute atomic E-state index is 0.00796. The van der Waals surface area contributed by atoms with E-state index in [0.29, 0.717) is 23.5 Å². The average Bonchev–Trinajstić information content (AvgIpc) is 3.04. The molecule has 1 amide bonds. The summed E-state index contributed by atoms with van der Waals surface area (Å²) in [5.74, 6) is -0.0808. The minimum atomic E-state index is -0.120. The number of aromatic nitrogens is 2. The first kappa shape index (κ1) is 18.5. The van der Waals surface area contributed by atoms with Gasteiger partial charge in [0.25, 0.3) is 5.56 Å². The van der Waals surface area contributed by atoms with Gasteiger partial charge in [0.15, 0.2) is 0 Å². The second-order valence-electron chi connectivity index (χ2n) is 7.01. The number of rotatable bonds is 6. The van der Waals surface area contributed by atoms with Crippen molar-refractivity contribution >= 4 is 16.8 Å². The zero-order valence-electron chi connectivity index (χ0n) is 15.5. The minimum Gasteiger partial charge on any atom is -0.378 e. The number of methoxy groups -OCH3 is 1. The summed E-state index contributed by atoms with van der Waals surface area (Å²) in [6, 6.07) is 7.61. The van der Waals surface area contributed by atoms with Gasteiger partial charge < -0.3 is 10.1 Å². The standard InChI is InChI=1S/C19H26N4O3/c1-13(2)23-10-16(17(11-23)26-3)21-18(24)8-9-22-12-20-15-7-5-4-6-14(15)19(22)25/h4-7,12-13,16-17H,8-11H2,1-3H3,(H,21,24)/t16-,17-/m0/s1. The molecule has 140 valence electrons. The summed E-state index contributed by atoms with van der Waals surface area (Å²) < 4.78 is 7.00. The summed E-state index contributed by atoms with van der Waals surface area (Å²) >= 11 is 0. The number of carbonyl (C=O) groups excluding carboxylic acids is 1. The van der Waals surface area contributed by atoms with Gasteiger partial charge in [0.1, 0.15) is 0 Å². The first-order chi connectivity index (χ1) is 12.5. The molecule has 1 fully saturated rings. The molecule has 26 heavy (non-hydrogen) atoms. The number of benzene rings is 1. The Kier molecular flexibility index (Phi) is 5.68. The second kappa shape index (κ2) is 7.97. The van der Waals surface area contributed by atoms with Crippen LogP contribution in [0.1, 0.15) is 20.3 Å². The Hall–Kier alpha value is -2.25. The summed E-state index contributed by atoms with van der Waals surface area (Å²) in [5, 5.41) is 3.62. The van der Waals surface area contributed by atoms with E-state index < -0.39 is 0 Å². The summed E-state index contributed by atoms with van der Waals surface area (Å²) in [7, 11) is 1.67. The Labute approximate surface area is 153 Å². The van der Waals surface area contributed by atoms with Gasteiger partial charge in [-0.25, -0.2) is 4.98 Å². The van der Waals surface area contributed by atoms with Crippen LogP contribution in [0.4, 0.5) is 0 Å². The Balaban J connectivity index is 1.61. The van der Waals surface area contributed by atoms with E-state index in [1.807, 2.05) is 12.1 Å². The van der Waals surface area contributed by atoms with Crippen LogP contribution in [0.3, 0.4) is 0 Å². The van der Waals surface area contributed by atoms with Crippen LogP contribution in [-0.2, 0) is 16.1 Å². The van der Waals surface area contributed by atoms with E-state index in [2.05, 4.69) is 29.0 Å². The molecule has 2 aromatic rings. The van der Waals surface area contributed by atoms with Gasteiger partial charge in [-0.2, -0.15) is 0 Å². The van der Waals surface area contributed by atoms with Crippen molar-refractivity contribution in [1.82, 2.24) is 19.8 Å². The molecule has 0 radical (unpaired) electrons. The quantitative estimate of drug-likeness (QED) is 0.834. The van der Waals surface area contributed by atoms with Crippen molar-refractivity contribution in [3.8, 4) is 0 Å². The molecule has 2 heterocycles. The lowest BCUT2D eigenvalue weighted by Gasteiger charge is -2.20. The van der Waals surface area contributed by atoms with Crippen molar-refractivity contribution in [1.29, 1.82) is 0 Å². The van der Waals surface area contributed by atoms with Crippen LogP contribution in [0.2, 0.25) is 0 Å². The number of para-hydroxylation sites is 1. The third-order valence-corrected chi connectivity index (χ3v) is 4.99. The SMILES string of the molecule is CO[C@H]1CN(C(C)C)C[C@@H]1NC(=O)CCn1cnc2ccccc2c1=O. The van der Waals surface area contributed by atoms with Gasteiger partial charge in [-0.1, -0.05) is 12.1 Å². The van der Waals surface area contributed by atoms with Gasteiger partial charge in [0.05, 0.1) is 29.4 Å². The highest BCUT2D eigenvalue weighted by Gasteiger charge is 2.34. The molecule has 0 unspecified atom stereocenters. The number of hydrogen-bond donors (Lipinski definition) is 1. The van der Waals surface area contributed by atoms with Gasteiger partial charge in [0.2, 0.25) is 5.91 Å². The van der Waals surface area contributed by atoms with Crippen LogP contribution < -0.4 is 10.9 Å². The summed E-state index contributed by atoms with van der Waals surface area (Å²) in [4.78, 5) is 31.4. The van der Waals surface area contributed by atoms with E-state index in [9.17, 15) is 9.59 Å². The van der Waals surface area contributed by atoms with Crippen LogP contribution >= 0.6 is 0 Å². The molecule has 0 bridgehead atoms. The van der Waals surface area contributed by atoms with E-state index in [4.69, 9.17) is 4.74 Å². The van der Waals surface area contributed by atoms with Crippen molar-refractivity contribution in [2.24, 2.45) is 0 Å². The lowest BCUT2D eigenvalue weighted by Crippen LogP contribution is -2.44. The number of nitrogens with one attached hydrogen (secondary N) is 1. The zero-order valence-corrected chi connectivity index (χ0v) is 15.5. The van der Waals surface area contributed by atoms with Crippen molar-refractivity contribution in [3.63, 3.8) is 0 Å². The third kappa shape index (κ3) is 3.94. The Morgan fingerprint density at radius 1 is 1.35 bits per heavy atom. The number of ether oxygens (including phenoxy) is 1. The zero-order chi connectivity index (χ0) is 18.7. The number of amides is 1. The molecule has 1 aliphatic rings. The largest absolute Gasteiger partial charge is 0.378 e. The van der Waals surface area contributed by atoms with Gasteiger partial charge in [-0.3, -0.25) is 19.1 Å². The topological polar surface area (TPSA) is 76.5 Å². The maximum absolute atomic E-state index is 12.5. The van der Waals surface area contributed by atoms with Crippen LogP contribution in [-0.4, -0.2) is 58.7 Å². The molecule has 1 aromatic carbocycles. The molecular formula is C19H26N4O3.